The number of piperazine rings is 1. The molecule has 38 heavy (non-hydrogen) atoms. The van der Waals surface area contributed by atoms with Crippen molar-refractivity contribution >= 4 is 34.1 Å². The van der Waals surface area contributed by atoms with Crippen molar-refractivity contribution in [3.8, 4) is 17.2 Å². The summed E-state index contributed by atoms with van der Waals surface area (Å²) in [6, 6.07) is 13.5. The molecular weight excluding hydrogens is 484 g/mol. The van der Waals surface area contributed by atoms with Gasteiger partial charge in [-0.3, -0.25) is 9.20 Å². The van der Waals surface area contributed by atoms with Crippen molar-refractivity contribution in [3.05, 3.63) is 71.4 Å². The first-order chi connectivity index (χ1) is 18.6. The molecule has 0 bridgehead atoms. The Bertz CT molecular complexity index is 1670. The molecule has 0 radical (unpaired) electrons. The van der Waals surface area contributed by atoms with Crippen LogP contribution in [0.2, 0.25) is 0 Å². The standard InChI is InChI=1S/C27H28N8O3/c1-32-12-14-33(15-13-32)19-6-4-18(5-7-19)30-26-29-17-21-24(31-26)34-11-10-28-27(34)35(25(21)36)22-9-8-20(37-2)16-23(22)38-3/h4-11,16-17H,12-15H2,1-3H3,(H,29,30,31). The maximum Gasteiger partial charge on any atom is 0.270 e. The largest absolute Gasteiger partial charge is 0.497 e. The minimum atomic E-state index is -0.301. The number of likely N-dealkylation sites (N-methyl/N-ethyl adjacent to an activating group) is 1. The van der Waals surface area contributed by atoms with Crippen molar-refractivity contribution in [3.63, 3.8) is 0 Å². The average molecular weight is 513 g/mol. The lowest BCUT2D eigenvalue weighted by Crippen LogP contribution is -2.44. The Morgan fingerprint density at radius 1 is 0.947 bits per heavy atom. The van der Waals surface area contributed by atoms with Gasteiger partial charge in [0.1, 0.15) is 16.9 Å². The molecule has 4 heterocycles. The molecular formula is C27H28N8O3. The van der Waals surface area contributed by atoms with Crippen LogP contribution in [-0.2, 0) is 0 Å². The number of ether oxygens (including phenoxy) is 2. The van der Waals surface area contributed by atoms with Crippen LogP contribution in [0, 0.1) is 0 Å². The maximum atomic E-state index is 13.7. The van der Waals surface area contributed by atoms with E-state index in [0.717, 1.165) is 31.9 Å². The number of benzene rings is 2. The molecule has 1 fully saturated rings. The predicted molar refractivity (Wildman–Crippen MR) is 146 cm³/mol. The minimum absolute atomic E-state index is 0.301. The summed E-state index contributed by atoms with van der Waals surface area (Å²) in [6.45, 7) is 4.14. The number of nitrogens with one attached hydrogen (secondary N) is 1. The fourth-order valence-electron chi connectivity index (χ4n) is 4.74. The topological polar surface area (TPSA) is 102 Å². The van der Waals surface area contributed by atoms with Gasteiger partial charge in [0.25, 0.3) is 5.56 Å². The SMILES string of the molecule is COc1ccc(-n2c(=O)c3cnc(Nc4ccc(N5CCN(C)CC5)cc4)nc3n3ccnc23)c(OC)c1. The van der Waals surface area contributed by atoms with E-state index in [1.165, 1.54) is 16.5 Å². The summed E-state index contributed by atoms with van der Waals surface area (Å²) in [5, 5.41) is 3.61. The summed E-state index contributed by atoms with van der Waals surface area (Å²) in [5.74, 6) is 1.90. The molecule has 1 aliphatic rings. The average Bonchev–Trinajstić information content (AvgIpc) is 3.44. The number of methoxy groups -OCH3 is 2. The molecule has 3 aromatic heterocycles. The molecule has 2 aromatic carbocycles. The van der Waals surface area contributed by atoms with E-state index in [1.807, 2.05) is 12.1 Å². The van der Waals surface area contributed by atoms with Crippen LogP contribution >= 0.6 is 0 Å². The summed E-state index contributed by atoms with van der Waals surface area (Å²) < 4.78 is 14.1. The van der Waals surface area contributed by atoms with Crippen LogP contribution in [0.3, 0.4) is 0 Å². The fraction of sp³-hybridized carbons (Fsp3) is 0.259. The fourth-order valence-corrected chi connectivity index (χ4v) is 4.74. The molecule has 11 heteroatoms. The Labute approximate surface area is 218 Å². The quantitative estimate of drug-likeness (QED) is 0.368. The van der Waals surface area contributed by atoms with Gasteiger partial charge < -0.3 is 24.6 Å². The number of anilines is 3. The lowest BCUT2D eigenvalue weighted by molar-refractivity contribution is 0.313. The third-order valence-electron chi connectivity index (χ3n) is 6.87. The molecule has 0 saturated carbocycles. The summed E-state index contributed by atoms with van der Waals surface area (Å²) in [6.07, 6.45) is 4.94. The summed E-state index contributed by atoms with van der Waals surface area (Å²) in [4.78, 5) is 31.9. The van der Waals surface area contributed by atoms with Crippen molar-refractivity contribution in [1.29, 1.82) is 0 Å². The minimum Gasteiger partial charge on any atom is -0.497 e. The molecule has 0 atom stereocenters. The first-order valence-corrected chi connectivity index (χ1v) is 12.3. The van der Waals surface area contributed by atoms with Crippen LogP contribution in [0.1, 0.15) is 0 Å². The third kappa shape index (κ3) is 4.16. The molecule has 0 aliphatic carbocycles. The van der Waals surface area contributed by atoms with E-state index in [2.05, 4.69) is 49.2 Å². The summed E-state index contributed by atoms with van der Waals surface area (Å²) in [7, 11) is 5.27. The van der Waals surface area contributed by atoms with Crippen LogP contribution in [0.25, 0.3) is 22.5 Å². The molecule has 1 N–H and O–H groups in total. The Hall–Kier alpha value is -4.64. The van der Waals surface area contributed by atoms with Gasteiger partial charge in [0.2, 0.25) is 11.7 Å². The molecule has 0 spiro atoms. The number of nitrogens with zero attached hydrogens (tertiary/aromatic N) is 7. The number of fused-ring (bicyclic) bond motifs is 3. The Morgan fingerprint density at radius 2 is 1.74 bits per heavy atom. The first kappa shape index (κ1) is 23.7. The molecule has 194 valence electrons. The second-order valence-corrected chi connectivity index (χ2v) is 9.17. The highest BCUT2D eigenvalue weighted by Gasteiger charge is 2.19. The van der Waals surface area contributed by atoms with Gasteiger partial charge in [0, 0.05) is 62.2 Å². The highest BCUT2D eigenvalue weighted by molar-refractivity contribution is 5.78. The van der Waals surface area contributed by atoms with E-state index in [-0.39, 0.29) is 5.56 Å². The number of hydrogen-bond donors (Lipinski definition) is 1. The van der Waals surface area contributed by atoms with Crippen molar-refractivity contribution < 1.29 is 9.47 Å². The van der Waals surface area contributed by atoms with Crippen molar-refractivity contribution in [1.82, 2.24) is 28.8 Å². The summed E-state index contributed by atoms with van der Waals surface area (Å²) >= 11 is 0. The van der Waals surface area contributed by atoms with E-state index in [9.17, 15) is 4.79 Å². The van der Waals surface area contributed by atoms with E-state index in [4.69, 9.17) is 9.47 Å². The number of imidazole rings is 1. The lowest BCUT2D eigenvalue weighted by Gasteiger charge is -2.34. The molecule has 1 saturated heterocycles. The third-order valence-corrected chi connectivity index (χ3v) is 6.87. The van der Waals surface area contributed by atoms with Gasteiger partial charge in [-0.25, -0.2) is 14.5 Å². The lowest BCUT2D eigenvalue weighted by atomic mass is 10.2. The molecule has 0 amide bonds. The number of hydrogen-bond acceptors (Lipinski definition) is 9. The summed E-state index contributed by atoms with van der Waals surface area (Å²) in [5.41, 5.74) is 2.75. The Kier molecular flexibility index (Phi) is 6.04. The molecule has 1 aliphatic heterocycles. The van der Waals surface area contributed by atoms with E-state index in [1.54, 1.807) is 49.2 Å². The predicted octanol–water partition coefficient (Wildman–Crippen LogP) is 2.94. The number of rotatable bonds is 6. The van der Waals surface area contributed by atoms with Crippen molar-refractivity contribution in [2.75, 3.05) is 57.7 Å². The monoisotopic (exact) mass is 512 g/mol. The number of aromatic nitrogens is 5. The molecule has 0 unspecified atom stereocenters. The van der Waals surface area contributed by atoms with Crippen molar-refractivity contribution in [2.45, 2.75) is 0 Å². The second kappa shape index (κ2) is 9.67. The highest BCUT2D eigenvalue weighted by atomic mass is 16.5. The van der Waals surface area contributed by atoms with E-state index >= 15 is 0 Å². The Balaban J connectivity index is 1.35. The van der Waals surface area contributed by atoms with Crippen LogP contribution < -0.4 is 25.2 Å². The highest BCUT2D eigenvalue weighted by Crippen LogP contribution is 2.29. The van der Waals surface area contributed by atoms with Gasteiger partial charge >= 0.3 is 0 Å². The van der Waals surface area contributed by atoms with Crippen LogP contribution in [0.4, 0.5) is 17.3 Å². The van der Waals surface area contributed by atoms with Gasteiger partial charge in [0.05, 0.1) is 19.9 Å². The van der Waals surface area contributed by atoms with Crippen molar-refractivity contribution in [2.24, 2.45) is 0 Å². The van der Waals surface area contributed by atoms with Gasteiger partial charge in [0.15, 0.2) is 5.65 Å². The molecule has 6 rings (SSSR count). The van der Waals surface area contributed by atoms with Gasteiger partial charge in [-0.15, -0.1) is 0 Å². The molecule has 11 nitrogen and oxygen atoms in total. The second-order valence-electron chi connectivity index (χ2n) is 9.17. The van der Waals surface area contributed by atoms with E-state index in [0.29, 0.717) is 39.9 Å². The van der Waals surface area contributed by atoms with Crippen LogP contribution in [0.15, 0.2) is 65.8 Å². The van der Waals surface area contributed by atoms with Gasteiger partial charge in [-0.1, -0.05) is 0 Å². The smallest absolute Gasteiger partial charge is 0.270 e. The van der Waals surface area contributed by atoms with Crippen LogP contribution in [-0.4, -0.2) is 76.3 Å². The first-order valence-electron chi connectivity index (χ1n) is 12.3. The van der Waals surface area contributed by atoms with Gasteiger partial charge in [-0.05, 0) is 43.4 Å². The zero-order chi connectivity index (χ0) is 26.2. The van der Waals surface area contributed by atoms with E-state index < -0.39 is 0 Å². The van der Waals surface area contributed by atoms with Gasteiger partial charge in [-0.2, -0.15) is 4.98 Å². The molecule has 5 aromatic rings. The normalized spacial score (nSPS) is 14.2. The van der Waals surface area contributed by atoms with Crippen LogP contribution in [0.5, 0.6) is 11.5 Å². The zero-order valence-corrected chi connectivity index (χ0v) is 21.5. The Morgan fingerprint density at radius 3 is 2.47 bits per heavy atom. The maximum absolute atomic E-state index is 13.7. The zero-order valence-electron chi connectivity index (χ0n) is 21.5.